The number of methoxy groups -OCH3 is 1. The molecule has 6 heteroatoms. The summed E-state index contributed by atoms with van der Waals surface area (Å²) < 4.78 is 24.7. The molecule has 5 nitrogen and oxygen atoms in total. The summed E-state index contributed by atoms with van der Waals surface area (Å²) >= 11 is 0. The molecule has 0 unspecified atom stereocenters. The Morgan fingerprint density at radius 1 is 1.40 bits per heavy atom. The van der Waals surface area contributed by atoms with Gasteiger partial charge in [0.15, 0.2) is 0 Å². The fraction of sp³-hybridized carbons (Fsp3) is 0.474. The predicted molar refractivity (Wildman–Crippen MR) is 90.5 cm³/mol. The van der Waals surface area contributed by atoms with Crippen LogP contribution in [0.1, 0.15) is 30.6 Å². The van der Waals surface area contributed by atoms with E-state index in [1.165, 1.54) is 6.07 Å². The van der Waals surface area contributed by atoms with Crippen LogP contribution in [-0.4, -0.2) is 41.8 Å². The van der Waals surface area contributed by atoms with Gasteiger partial charge in [0.2, 0.25) is 5.91 Å². The van der Waals surface area contributed by atoms with Crippen molar-refractivity contribution in [3.63, 3.8) is 0 Å². The van der Waals surface area contributed by atoms with E-state index in [1.807, 2.05) is 11.0 Å². The molecule has 0 N–H and O–H groups in total. The summed E-state index contributed by atoms with van der Waals surface area (Å²) in [6.07, 6.45) is 4.57. The van der Waals surface area contributed by atoms with Gasteiger partial charge in [-0.1, -0.05) is 23.4 Å². The van der Waals surface area contributed by atoms with Gasteiger partial charge in [0.25, 0.3) is 0 Å². The number of nitrogens with zero attached hydrogens (tertiary/aromatic N) is 2. The monoisotopic (exact) mass is 346 g/mol. The molecule has 1 saturated heterocycles. The summed E-state index contributed by atoms with van der Waals surface area (Å²) in [5.41, 5.74) is 0.615. The highest BCUT2D eigenvalue weighted by Gasteiger charge is 2.34. The lowest BCUT2D eigenvalue weighted by atomic mass is 9.92. The minimum atomic E-state index is -0.239. The van der Waals surface area contributed by atoms with Crippen molar-refractivity contribution in [1.82, 2.24) is 10.1 Å². The second-order valence-corrected chi connectivity index (χ2v) is 6.35. The second-order valence-electron chi connectivity index (χ2n) is 6.35. The standard InChI is InChI=1S/C19H23FN2O3/c1-24-18-7-4-12-22(19(23)9-8-15-10-11-21-25-15)17(18)13-14-5-2-3-6-16(14)20/h2-3,5-6,10-11,17-18H,4,7-9,12-13H2,1H3/t17-,18-/m0/s1. The first-order valence-corrected chi connectivity index (χ1v) is 8.64. The molecule has 1 aliphatic heterocycles. The first kappa shape index (κ1) is 17.6. The molecule has 25 heavy (non-hydrogen) atoms. The Bertz CT molecular complexity index is 690. The Hall–Kier alpha value is -2.21. The Morgan fingerprint density at radius 2 is 2.24 bits per heavy atom. The molecule has 2 atom stereocenters. The van der Waals surface area contributed by atoms with E-state index < -0.39 is 0 Å². The maximum absolute atomic E-state index is 14.1. The molecule has 1 fully saturated rings. The Morgan fingerprint density at radius 3 is 2.96 bits per heavy atom. The van der Waals surface area contributed by atoms with Crippen LogP contribution >= 0.6 is 0 Å². The van der Waals surface area contributed by atoms with Crippen molar-refractivity contribution in [3.8, 4) is 0 Å². The van der Waals surface area contributed by atoms with Crippen LogP contribution in [0.3, 0.4) is 0 Å². The Kier molecular flexibility index (Phi) is 5.81. The first-order chi connectivity index (χ1) is 12.2. The number of halogens is 1. The van der Waals surface area contributed by atoms with Crippen LogP contribution < -0.4 is 0 Å². The summed E-state index contributed by atoms with van der Waals surface area (Å²) in [6, 6.07) is 8.33. The van der Waals surface area contributed by atoms with E-state index in [2.05, 4.69) is 5.16 Å². The zero-order chi connectivity index (χ0) is 17.6. The fourth-order valence-electron chi connectivity index (χ4n) is 3.48. The molecule has 1 aromatic heterocycles. The number of aromatic nitrogens is 1. The van der Waals surface area contributed by atoms with E-state index in [-0.39, 0.29) is 23.9 Å². The summed E-state index contributed by atoms with van der Waals surface area (Å²) in [7, 11) is 1.65. The van der Waals surface area contributed by atoms with Crippen molar-refractivity contribution in [2.75, 3.05) is 13.7 Å². The average Bonchev–Trinajstić information content (AvgIpc) is 3.15. The van der Waals surface area contributed by atoms with E-state index >= 15 is 0 Å². The highest BCUT2D eigenvalue weighted by molar-refractivity contribution is 5.77. The topological polar surface area (TPSA) is 55.6 Å². The van der Waals surface area contributed by atoms with Gasteiger partial charge in [0.05, 0.1) is 18.3 Å². The van der Waals surface area contributed by atoms with Gasteiger partial charge in [-0.2, -0.15) is 0 Å². The average molecular weight is 346 g/mol. The smallest absolute Gasteiger partial charge is 0.223 e. The van der Waals surface area contributed by atoms with Crippen LogP contribution in [0.15, 0.2) is 41.1 Å². The number of amides is 1. The lowest BCUT2D eigenvalue weighted by Crippen LogP contribution is -2.52. The molecule has 1 aliphatic rings. The van der Waals surface area contributed by atoms with E-state index in [0.717, 1.165) is 12.8 Å². The molecule has 0 saturated carbocycles. The second kappa shape index (κ2) is 8.25. The predicted octanol–water partition coefficient (Wildman–Crippen LogP) is 3.00. The number of benzene rings is 1. The summed E-state index contributed by atoms with van der Waals surface area (Å²) in [5.74, 6) is 0.496. The molecular formula is C19H23FN2O3. The van der Waals surface area contributed by atoms with Crippen molar-refractivity contribution >= 4 is 5.91 Å². The van der Waals surface area contributed by atoms with Crippen LogP contribution in [0.4, 0.5) is 4.39 Å². The van der Waals surface area contributed by atoms with Crippen molar-refractivity contribution in [1.29, 1.82) is 0 Å². The molecule has 1 aromatic carbocycles. The van der Waals surface area contributed by atoms with Gasteiger partial charge in [-0.15, -0.1) is 0 Å². The number of carbonyl (C=O) groups is 1. The number of aryl methyl sites for hydroxylation is 1. The SMILES string of the molecule is CO[C@H]1CCCN(C(=O)CCc2ccno2)[C@H]1Cc1ccccc1F. The third kappa shape index (κ3) is 4.25. The molecule has 2 heterocycles. The van der Waals surface area contributed by atoms with Crippen LogP contribution in [0.5, 0.6) is 0 Å². The quantitative estimate of drug-likeness (QED) is 0.807. The summed E-state index contributed by atoms with van der Waals surface area (Å²) in [4.78, 5) is 14.6. The van der Waals surface area contributed by atoms with Gasteiger partial charge >= 0.3 is 0 Å². The fourth-order valence-corrected chi connectivity index (χ4v) is 3.48. The molecule has 0 bridgehead atoms. The molecule has 0 aliphatic carbocycles. The normalized spacial score (nSPS) is 20.6. The largest absolute Gasteiger partial charge is 0.379 e. The third-order valence-electron chi connectivity index (χ3n) is 4.80. The molecule has 134 valence electrons. The number of hydrogen-bond acceptors (Lipinski definition) is 4. The zero-order valence-electron chi connectivity index (χ0n) is 14.4. The number of hydrogen-bond donors (Lipinski definition) is 0. The van der Waals surface area contributed by atoms with Crippen molar-refractivity contribution < 1.29 is 18.4 Å². The lowest BCUT2D eigenvalue weighted by molar-refractivity contribution is -0.139. The van der Waals surface area contributed by atoms with Gasteiger partial charge in [0, 0.05) is 32.6 Å². The number of piperidine rings is 1. The van der Waals surface area contributed by atoms with Crippen molar-refractivity contribution in [3.05, 3.63) is 53.7 Å². The van der Waals surface area contributed by atoms with Gasteiger partial charge in [-0.25, -0.2) is 4.39 Å². The van der Waals surface area contributed by atoms with Gasteiger partial charge in [-0.3, -0.25) is 4.79 Å². The number of ether oxygens (including phenoxy) is 1. The van der Waals surface area contributed by atoms with E-state index in [4.69, 9.17) is 9.26 Å². The van der Waals surface area contributed by atoms with Crippen molar-refractivity contribution in [2.45, 2.75) is 44.2 Å². The molecule has 0 radical (unpaired) electrons. The van der Waals surface area contributed by atoms with Gasteiger partial charge in [0.1, 0.15) is 11.6 Å². The van der Waals surface area contributed by atoms with Crippen LogP contribution in [-0.2, 0) is 22.4 Å². The van der Waals surface area contributed by atoms with Crippen molar-refractivity contribution in [2.24, 2.45) is 0 Å². The minimum Gasteiger partial charge on any atom is -0.379 e. The molecule has 2 aromatic rings. The van der Waals surface area contributed by atoms with Crippen LogP contribution in [0.25, 0.3) is 0 Å². The maximum Gasteiger partial charge on any atom is 0.223 e. The number of carbonyl (C=O) groups excluding carboxylic acids is 1. The molecule has 1 amide bonds. The third-order valence-corrected chi connectivity index (χ3v) is 4.80. The highest BCUT2D eigenvalue weighted by Crippen LogP contribution is 2.25. The maximum atomic E-state index is 14.1. The number of likely N-dealkylation sites (tertiary alicyclic amines) is 1. The summed E-state index contributed by atoms with van der Waals surface area (Å²) in [6.45, 7) is 0.675. The lowest BCUT2D eigenvalue weighted by Gasteiger charge is -2.41. The Balaban J connectivity index is 1.72. The van der Waals surface area contributed by atoms with Crippen LogP contribution in [0.2, 0.25) is 0 Å². The molecule has 3 rings (SSSR count). The van der Waals surface area contributed by atoms with E-state index in [1.54, 1.807) is 31.5 Å². The van der Waals surface area contributed by atoms with E-state index in [0.29, 0.717) is 37.1 Å². The van der Waals surface area contributed by atoms with Crippen LogP contribution in [0, 0.1) is 5.82 Å². The minimum absolute atomic E-state index is 0.0412. The zero-order valence-corrected chi connectivity index (χ0v) is 14.4. The van der Waals surface area contributed by atoms with E-state index in [9.17, 15) is 9.18 Å². The molecule has 0 spiro atoms. The first-order valence-electron chi connectivity index (χ1n) is 8.64. The van der Waals surface area contributed by atoms with Gasteiger partial charge < -0.3 is 14.2 Å². The molecular weight excluding hydrogens is 323 g/mol. The Labute approximate surface area is 146 Å². The summed E-state index contributed by atoms with van der Waals surface area (Å²) in [5, 5.41) is 3.66. The van der Waals surface area contributed by atoms with Gasteiger partial charge in [-0.05, 0) is 30.9 Å². The number of rotatable bonds is 6. The highest BCUT2D eigenvalue weighted by atomic mass is 19.1.